The number of Topliss-reactive ketones (excluding diaryl/α,β-unsaturated/α-hetero) is 1. The number of ketones is 1. The Hall–Kier alpha value is -3.40. The van der Waals surface area contributed by atoms with Crippen LogP contribution in [0.3, 0.4) is 0 Å². The lowest BCUT2D eigenvalue weighted by atomic mass is 9.82. The molecule has 0 aromatic carbocycles. The molecule has 2 fully saturated rings. The van der Waals surface area contributed by atoms with E-state index in [0.29, 0.717) is 32.1 Å². The van der Waals surface area contributed by atoms with Crippen LogP contribution in [0.4, 0.5) is 4.79 Å². The summed E-state index contributed by atoms with van der Waals surface area (Å²) in [6.07, 6.45) is 15.3. The highest BCUT2D eigenvalue weighted by Gasteiger charge is 2.44. The van der Waals surface area contributed by atoms with Crippen molar-refractivity contribution in [3.8, 4) is 12.3 Å². The fraction of sp³-hybridized carbons (Fsp3) is 0.750. The Bertz CT molecular complexity index is 1320. The van der Waals surface area contributed by atoms with Gasteiger partial charge in [0.15, 0.2) is 9.84 Å². The molecule has 0 aromatic rings. The molecular formula is C36H59N5O7S. The van der Waals surface area contributed by atoms with E-state index >= 15 is 0 Å². The molecule has 2 aliphatic rings. The van der Waals surface area contributed by atoms with Gasteiger partial charge in [-0.1, -0.05) is 51.5 Å². The maximum Gasteiger partial charge on any atom is 0.315 e. The largest absolute Gasteiger partial charge is 0.346 e. The monoisotopic (exact) mass is 705 g/mol. The molecule has 0 saturated heterocycles. The number of nitrogens with zero attached hydrogens (tertiary/aromatic N) is 1. The van der Waals surface area contributed by atoms with Crippen molar-refractivity contribution in [2.75, 3.05) is 18.8 Å². The molecule has 2 saturated carbocycles. The fourth-order valence-electron chi connectivity index (χ4n) is 6.64. The van der Waals surface area contributed by atoms with Crippen molar-refractivity contribution in [3.63, 3.8) is 0 Å². The van der Waals surface area contributed by atoms with Crippen LogP contribution in [0.5, 0.6) is 0 Å². The van der Waals surface area contributed by atoms with Crippen molar-refractivity contribution in [2.45, 2.75) is 147 Å². The average Bonchev–Trinajstić information content (AvgIpc) is 3.05. The first kappa shape index (κ1) is 41.8. The third-order valence-electron chi connectivity index (χ3n) is 9.70. The number of nitrogens with one attached hydrogen (secondary N) is 4. The van der Waals surface area contributed by atoms with E-state index in [4.69, 9.17) is 6.42 Å². The van der Waals surface area contributed by atoms with Crippen LogP contribution in [0, 0.1) is 18.3 Å². The quantitative estimate of drug-likeness (QED) is 0.102. The predicted molar refractivity (Wildman–Crippen MR) is 191 cm³/mol. The second kappa shape index (κ2) is 19.1. The van der Waals surface area contributed by atoms with Crippen molar-refractivity contribution in [2.24, 2.45) is 5.92 Å². The van der Waals surface area contributed by atoms with Crippen LogP contribution < -0.4 is 21.3 Å². The zero-order valence-corrected chi connectivity index (χ0v) is 31.0. The highest BCUT2D eigenvalue weighted by atomic mass is 32.2. The SMILES string of the molecule is C#CCCC(NC(=O)[C@H](C)N(CCC)C(=O)[C@@H](NC(=O)NC1(CS(=O)(=O)C(C)(C)C)CCCCC1)C1CCCCC1)C(=O)C(=O)NCC=C. The van der Waals surface area contributed by atoms with Gasteiger partial charge in [-0.15, -0.1) is 18.9 Å². The third kappa shape index (κ3) is 12.2. The van der Waals surface area contributed by atoms with E-state index in [9.17, 15) is 32.4 Å². The topological polar surface area (TPSA) is 171 Å². The zero-order valence-electron chi connectivity index (χ0n) is 30.2. The molecule has 1 unspecified atom stereocenters. The summed E-state index contributed by atoms with van der Waals surface area (Å²) in [6.45, 7) is 12.2. The van der Waals surface area contributed by atoms with Crippen LogP contribution >= 0.6 is 0 Å². The molecule has 4 N–H and O–H groups in total. The van der Waals surface area contributed by atoms with Crippen molar-refractivity contribution < 1.29 is 32.4 Å². The molecule has 12 nitrogen and oxygen atoms in total. The predicted octanol–water partition coefficient (Wildman–Crippen LogP) is 3.55. The Labute approximate surface area is 293 Å². The highest BCUT2D eigenvalue weighted by molar-refractivity contribution is 7.92. The number of urea groups is 1. The first-order valence-corrected chi connectivity index (χ1v) is 19.5. The van der Waals surface area contributed by atoms with Crippen LogP contribution in [-0.4, -0.2) is 90.1 Å². The number of sulfone groups is 1. The van der Waals surface area contributed by atoms with E-state index < -0.39 is 67.8 Å². The summed E-state index contributed by atoms with van der Waals surface area (Å²) in [5.74, 6) is -0.738. The molecule has 2 aliphatic carbocycles. The van der Waals surface area contributed by atoms with Gasteiger partial charge >= 0.3 is 6.03 Å². The Morgan fingerprint density at radius 2 is 1.63 bits per heavy atom. The first-order valence-electron chi connectivity index (χ1n) is 17.8. The summed E-state index contributed by atoms with van der Waals surface area (Å²) < 4.78 is 25.6. The number of hydrogen-bond acceptors (Lipinski definition) is 7. The minimum atomic E-state index is -3.57. The van der Waals surface area contributed by atoms with Crippen LogP contribution in [0.2, 0.25) is 0 Å². The molecule has 0 bridgehead atoms. The van der Waals surface area contributed by atoms with Gasteiger partial charge in [-0.05, 0) is 72.1 Å². The van der Waals surface area contributed by atoms with Crippen LogP contribution in [0.25, 0.3) is 0 Å². The molecule has 13 heteroatoms. The summed E-state index contributed by atoms with van der Waals surface area (Å²) in [5.41, 5.74) is -0.956. The Balaban J connectivity index is 2.35. The molecular weight excluding hydrogens is 646 g/mol. The van der Waals surface area contributed by atoms with Crippen molar-refractivity contribution in [3.05, 3.63) is 12.7 Å². The van der Waals surface area contributed by atoms with Gasteiger partial charge in [0, 0.05) is 19.5 Å². The molecule has 0 radical (unpaired) electrons. The van der Waals surface area contributed by atoms with Crippen LogP contribution in [0.15, 0.2) is 12.7 Å². The van der Waals surface area contributed by atoms with E-state index in [1.807, 2.05) is 6.92 Å². The minimum absolute atomic E-state index is 0.0378. The number of hydrogen-bond donors (Lipinski definition) is 4. The maximum absolute atomic E-state index is 14.4. The summed E-state index contributed by atoms with van der Waals surface area (Å²) in [4.78, 5) is 68.5. The summed E-state index contributed by atoms with van der Waals surface area (Å²) in [7, 11) is -3.57. The number of carbonyl (C=O) groups excluding carboxylic acids is 5. The zero-order chi connectivity index (χ0) is 36.8. The Morgan fingerprint density at radius 3 is 2.18 bits per heavy atom. The second-order valence-electron chi connectivity index (χ2n) is 14.6. The van der Waals surface area contributed by atoms with Crippen molar-refractivity contribution in [1.82, 2.24) is 26.2 Å². The number of terminal acetylenes is 1. The van der Waals surface area contributed by atoms with Gasteiger partial charge in [0.05, 0.1) is 22.1 Å². The smallest absolute Gasteiger partial charge is 0.315 e. The summed E-state index contributed by atoms with van der Waals surface area (Å²) in [5, 5.41) is 11.0. The summed E-state index contributed by atoms with van der Waals surface area (Å²) >= 11 is 0. The lowest BCUT2D eigenvalue weighted by Crippen LogP contribution is -2.63. The summed E-state index contributed by atoms with van der Waals surface area (Å²) in [6, 6.07) is -3.79. The minimum Gasteiger partial charge on any atom is -0.346 e. The molecule has 3 atom stereocenters. The Kier molecular flexibility index (Phi) is 16.3. The molecule has 0 heterocycles. The first-order chi connectivity index (χ1) is 23.0. The Morgan fingerprint density at radius 1 is 1.02 bits per heavy atom. The van der Waals surface area contributed by atoms with Gasteiger partial charge < -0.3 is 26.2 Å². The molecule has 5 amide bonds. The van der Waals surface area contributed by atoms with Crippen molar-refractivity contribution in [1.29, 1.82) is 0 Å². The fourth-order valence-corrected chi connectivity index (χ4v) is 8.16. The molecule has 0 aliphatic heterocycles. The highest BCUT2D eigenvalue weighted by Crippen LogP contribution is 2.33. The molecule has 49 heavy (non-hydrogen) atoms. The van der Waals surface area contributed by atoms with Gasteiger partial charge in [-0.3, -0.25) is 19.2 Å². The molecule has 0 aromatic heterocycles. The van der Waals surface area contributed by atoms with Crippen LogP contribution in [-0.2, 0) is 29.0 Å². The lowest BCUT2D eigenvalue weighted by Gasteiger charge is -2.41. The van der Waals surface area contributed by atoms with Crippen molar-refractivity contribution >= 4 is 39.4 Å². The van der Waals surface area contributed by atoms with E-state index in [2.05, 4.69) is 33.8 Å². The van der Waals surface area contributed by atoms with Gasteiger partial charge in [0.2, 0.25) is 17.6 Å². The number of amides is 5. The van der Waals surface area contributed by atoms with Gasteiger partial charge in [0.1, 0.15) is 12.1 Å². The standard InChI is InChI=1S/C36H59N5O7S/c1-8-11-20-28(30(42)32(44)37-23-9-2)38-31(43)26(4)41(24-10-3)33(45)29(27-18-14-12-15-19-27)39-34(46)40-36(21-16-13-17-22-36)25-49(47,48)35(5,6)7/h1,9,26-29H,2,10-25H2,3-7H3,(H,37,44)(H,38,43)(H2,39,40,46)/t26-,28?,29-/m0/s1. The van der Waals surface area contributed by atoms with E-state index in [1.165, 1.54) is 11.0 Å². The number of carbonyl (C=O) groups is 5. The van der Waals surface area contributed by atoms with Gasteiger partial charge in [-0.2, -0.15) is 0 Å². The number of rotatable bonds is 17. The van der Waals surface area contributed by atoms with E-state index in [-0.39, 0.29) is 37.6 Å². The van der Waals surface area contributed by atoms with Gasteiger partial charge in [-0.25, -0.2) is 13.2 Å². The second-order valence-corrected chi connectivity index (χ2v) is 17.3. The molecule has 0 spiro atoms. The van der Waals surface area contributed by atoms with E-state index in [1.54, 1.807) is 27.7 Å². The average molecular weight is 706 g/mol. The van der Waals surface area contributed by atoms with Gasteiger partial charge in [0.25, 0.3) is 5.91 Å². The molecule has 2 rings (SSSR count). The lowest BCUT2D eigenvalue weighted by molar-refractivity contribution is -0.144. The third-order valence-corrected chi connectivity index (χ3v) is 12.5. The van der Waals surface area contributed by atoms with Crippen LogP contribution in [0.1, 0.15) is 118 Å². The molecule has 276 valence electrons. The van der Waals surface area contributed by atoms with E-state index in [0.717, 1.165) is 38.5 Å². The normalized spacial score (nSPS) is 18.4. The maximum atomic E-state index is 14.4.